The van der Waals surface area contributed by atoms with E-state index in [4.69, 9.17) is 28.4 Å². The molecule has 8 unspecified atom stereocenters. The Bertz CT molecular complexity index is 1750. The third-order valence-electron chi connectivity index (χ3n) is 20.9. The molecule has 0 aliphatic carbocycles. The second-order valence-electron chi connectivity index (χ2n) is 32.0. The van der Waals surface area contributed by atoms with Crippen molar-refractivity contribution >= 4 is 0 Å². The molecule has 0 spiro atoms. The molecule has 0 radical (unpaired) electrons. The van der Waals surface area contributed by atoms with Gasteiger partial charge in [-0.2, -0.15) is 0 Å². The van der Waals surface area contributed by atoms with Crippen LogP contribution in [0.5, 0.6) is 11.5 Å². The number of hydrogen-bond acceptors (Lipinski definition) is 8. The molecule has 0 aliphatic heterocycles. The van der Waals surface area contributed by atoms with E-state index in [1.807, 2.05) is 0 Å². The summed E-state index contributed by atoms with van der Waals surface area (Å²) in [5.74, 6) is 8.43. The fourth-order valence-electron chi connectivity index (χ4n) is 13.8. The lowest BCUT2D eigenvalue weighted by Crippen LogP contribution is -2.25. The first kappa shape index (κ1) is 89.9. The maximum absolute atomic E-state index is 9.83. The van der Waals surface area contributed by atoms with E-state index in [-0.39, 0.29) is 25.4 Å². The number of unbranched alkanes of at least 4 members (excludes halogenated alkanes) is 24. The van der Waals surface area contributed by atoms with E-state index < -0.39 is 0 Å². The van der Waals surface area contributed by atoms with E-state index >= 15 is 0 Å². The molecule has 2 N–H and O–H groups in total. The lowest BCUT2D eigenvalue weighted by atomic mass is 9.91. The standard InChI is InChI=1S/C88H162O8/c1-75(2)43-37-45-77(5)47-39-49-79(7)51-41-53-81(9)63-69-91-73-87(71-89)95-67-35-31-27-23-19-15-11-13-17-21-25-29-33-65-93-85-59-55-83(56-60-85)84-57-61-86(62-58-84)94-66-34-30-26-22-18-14-12-16-20-24-28-32-36-68-96-88(72-90)74-92-70-64-82(10)54-42-52-80(8)50-40-48-78(6)46-38-44-76(3)4/h55-62,75-82,87-90H,11-54,63-74H2,1-10H3. The first-order chi connectivity index (χ1) is 46.8. The van der Waals surface area contributed by atoms with E-state index in [1.165, 1.54) is 268 Å². The topological polar surface area (TPSA) is 95.8 Å². The van der Waals surface area contributed by atoms with Crippen molar-refractivity contribution in [2.75, 3.05) is 66.1 Å². The molecular formula is C88H162O8. The summed E-state index contributed by atoms with van der Waals surface area (Å²) in [6.45, 7) is 29.5. The summed E-state index contributed by atoms with van der Waals surface area (Å²) in [5, 5.41) is 19.7. The van der Waals surface area contributed by atoms with Crippen LogP contribution in [0.4, 0.5) is 0 Å². The van der Waals surface area contributed by atoms with Gasteiger partial charge in [-0.1, -0.05) is 350 Å². The van der Waals surface area contributed by atoms with Gasteiger partial charge in [0, 0.05) is 26.4 Å². The van der Waals surface area contributed by atoms with E-state index in [2.05, 4.69) is 118 Å². The molecule has 8 heteroatoms. The minimum Gasteiger partial charge on any atom is -0.494 e. The van der Waals surface area contributed by atoms with Crippen LogP contribution in [0.1, 0.15) is 365 Å². The molecule has 8 atom stereocenters. The molecule has 2 aromatic rings. The van der Waals surface area contributed by atoms with Crippen LogP contribution in [0, 0.1) is 47.3 Å². The van der Waals surface area contributed by atoms with Crippen molar-refractivity contribution in [3.05, 3.63) is 48.5 Å². The second kappa shape index (κ2) is 64.9. The minimum absolute atomic E-state index is 0.0385. The molecule has 96 heavy (non-hydrogen) atoms. The summed E-state index contributed by atoms with van der Waals surface area (Å²) in [6, 6.07) is 17.1. The predicted octanol–water partition coefficient (Wildman–Crippen LogP) is 26.0. The predicted molar refractivity (Wildman–Crippen MR) is 415 cm³/mol. The largest absolute Gasteiger partial charge is 0.494 e. The molecule has 8 nitrogen and oxygen atoms in total. The maximum Gasteiger partial charge on any atom is 0.119 e. The summed E-state index contributed by atoms with van der Waals surface area (Å²) in [5.41, 5.74) is 2.41. The normalized spacial score (nSPS) is 14.5. The third-order valence-corrected chi connectivity index (χ3v) is 20.9. The lowest BCUT2D eigenvalue weighted by Gasteiger charge is -2.18. The van der Waals surface area contributed by atoms with Crippen molar-refractivity contribution in [3.8, 4) is 22.6 Å². The average molecular weight is 1350 g/mol. The van der Waals surface area contributed by atoms with Crippen molar-refractivity contribution in [2.24, 2.45) is 47.3 Å². The number of hydrogen-bond donors (Lipinski definition) is 2. The minimum atomic E-state index is -0.195. The number of benzene rings is 2. The van der Waals surface area contributed by atoms with Gasteiger partial charge in [0.1, 0.15) is 23.7 Å². The summed E-state index contributed by atoms with van der Waals surface area (Å²) in [7, 11) is 0. The summed E-state index contributed by atoms with van der Waals surface area (Å²) in [6.07, 6.45) is 59.8. The van der Waals surface area contributed by atoms with Gasteiger partial charge in [-0.25, -0.2) is 0 Å². The third kappa shape index (κ3) is 56.4. The van der Waals surface area contributed by atoms with Gasteiger partial charge in [0.05, 0.1) is 39.6 Å². The Morgan fingerprint density at radius 3 is 0.698 bits per heavy atom. The number of aliphatic hydroxyl groups excluding tert-OH is 2. The van der Waals surface area contributed by atoms with Crippen LogP contribution in [0.3, 0.4) is 0 Å². The molecule has 0 bridgehead atoms. The van der Waals surface area contributed by atoms with Gasteiger partial charge in [0.15, 0.2) is 0 Å². The van der Waals surface area contributed by atoms with Crippen molar-refractivity contribution in [3.63, 3.8) is 0 Å². The zero-order valence-electron chi connectivity index (χ0n) is 65.3. The van der Waals surface area contributed by atoms with Gasteiger partial charge >= 0.3 is 0 Å². The fraction of sp³-hybridized carbons (Fsp3) is 0.864. The van der Waals surface area contributed by atoms with Crippen LogP contribution in [0.25, 0.3) is 11.1 Å². The highest BCUT2D eigenvalue weighted by molar-refractivity contribution is 5.64. The summed E-state index contributed by atoms with van der Waals surface area (Å²) >= 11 is 0. The molecule has 2 aromatic carbocycles. The fourth-order valence-corrected chi connectivity index (χ4v) is 13.8. The van der Waals surface area contributed by atoms with Crippen LogP contribution in [-0.4, -0.2) is 88.5 Å². The number of aliphatic hydroxyl groups is 2. The van der Waals surface area contributed by atoms with Crippen LogP contribution in [-0.2, 0) is 18.9 Å². The highest BCUT2D eigenvalue weighted by Gasteiger charge is 2.14. The van der Waals surface area contributed by atoms with Crippen LogP contribution >= 0.6 is 0 Å². The Hall–Kier alpha value is -2.20. The highest BCUT2D eigenvalue weighted by atomic mass is 16.5. The SMILES string of the molecule is CC(C)CCCC(C)CCCC(C)CCCC(C)CCOCC(CO)OCCCCCCCCCCCCCCCOc1ccc(-c2ccc(OCCCCCCCCCCCCCCCOC(CO)COCCC(C)CCCC(C)CCCC(C)CCCC(C)C)cc2)cc1. The monoisotopic (exact) mass is 1350 g/mol. The van der Waals surface area contributed by atoms with Crippen molar-refractivity contribution < 1.29 is 38.6 Å². The Labute approximate surface area is 596 Å². The summed E-state index contributed by atoms with van der Waals surface area (Å²) in [4.78, 5) is 0. The second-order valence-corrected chi connectivity index (χ2v) is 32.0. The highest BCUT2D eigenvalue weighted by Crippen LogP contribution is 2.28. The lowest BCUT2D eigenvalue weighted by molar-refractivity contribution is -0.0449. The zero-order chi connectivity index (χ0) is 69.6. The number of ether oxygens (including phenoxy) is 6. The Balaban J connectivity index is 1.31. The molecule has 562 valence electrons. The molecule has 0 heterocycles. The number of rotatable bonds is 73. The molecule has 0 saturated carbocycles. The van der Waals surface area contributed by atoms with Gasteiger partial charge in [0.2, 0.25) is 0 Å². The van der Waals surface area contributed by atoms with Crippen LogP contribution in [0.2, 0.25) is 0 Å². The molecule has 0 fully saturated rings. The first-order valence-electron chi connectivity index (χ1n) is 41.8. The van der Waals surface area contributed by atoms with Gasteiger partial charge in [-0.3, -0.25) is 0 Å². The Morgan fingerprint density at radius 1 is 0.240 bits per heavy atom. The summed E-state index contributed by atoms with van der Waals surface area (Å²) < 4.78 is 36.1. The molecule has 0 aliphatic rings. The van der Waals surface area contributed by atoms with E-state index in [1.54, 1.807) is 0 Å². The van der Waals surface area contributed by atoms with Gasteiger partial charge in [-0.05, 0) is 121 Å². The molecule has 2 rings (SSSR count). The van der Waals surface area contributed by atoms with Crippen LogP contribution in [0.15, 0.2) is 48.5 Å². The van der Waals surface area contributed by atoms with Crippen molar-refractivity contribution in [1.82, 2.24) is 0 Å². The average Bonchev–Trinajstić information content (AvgIpc) is 1.04. The quantitative estimate of drug-likeness (QED) is 0.0633. The van der Waals surface area contributed by atoms with Gasteiger partial charge in [0.25, 0.3) is 0 Å². The van der Waals surface area contributed by atoms with Gasteiger partial charge < -0.3 is 38.6 Å². The molecule has 0 amide bonds. The van der Waals surface area contributed by atoms with E-state index in [9.17, 15) is 10.2 Å². The molecular weight excluding hydrogens is 1180 g/mol. The van der Waals surface area contributed by atoms with Gasteiger partial charge in [-0.15, -0.1) is 0 Å². The first-order valence-corrected chi connectivity index (χ1v) is 41.8. The van der Waals surface area contributed by atoms with E-state index in [0.717, 1.165) is 125 Å². The smallest absolute Gasteiger partial charge is 0.119 e. The van der Waals surface area contributed by atoms with Crippen molar-refractivity contribution in [2.45, 2.75) is 377 Å². The Kier molecular flexibility index (Phi) is 60.7. The molecule has 0 saturated heterocycles. The molecule has 0 aromatic heterocycles. The Morgan fingerprint density at radius 2 is 0.458 bits per heavy atom. The van der Waals surface area contributed by atoms with E-state index in [0.29, 0.717) is 25.0 Å². The van der Waals surface area contributed by atoms with Crippen molar-refractivity contribution in [1.29, 1.82) is 0 Å². The van der Waals surface area contributed by atoms with Crippen LogP contribution < -0.4 is 9.47 Å². The maximum atomic E-state index is 9.83. The zero-order valence-corrected chi connectivity index (χ0v) is 65.3.